The zero-order valence-corrected chi connectivity index (χ0v) is 22.0. The Labute approximate surface area is 230 Å². The number of carbonyl (C=O) groups is 2. The van der Waals surface area contributed by atoms with Crippen LogP contribution in [0.5, 0.6) is 0 Å². The molecule has 0 radical (unpaired) electrons. The minimum Gasteiger partial charge on any atom is -0.375 e. The van der Waals surface area contributed by atoms with E-state index in [9.17, 15) is 18.4 Å². The maximum Gasteiger partial charge on any atom is 0.259 e. The standard InChI is InChI=1S/C31H30F2N4O3/c32-31(33)10-13-35(14-11-31)17-20-9-12-36-18-23(21-5-1-3-7-25(21)36)27-28(30(39)34-29(27)38)24-19-37(15-16-40-20)26-8-4-2-6-22(24)26/h1-8,18-20H,9-17H2,(H,34,38,39). The molecule has 206 valence electrons. The van der Waals surface area contributed by atoms with E-state index >= 15 is 0 Å². The van der Waals surface area contributed by atoms with Crippen LogP contribution in [0.4, 0.5) is 8.78 Å². The summed E-state index contributed by atoms with van der Waals surface area (Å²) in [6, 6.07) is 15.7. The number of halogens is 2. The molecule has 1 unspecified atom stereocenters. The summed E-state index contributed by atoms with van der Waals surface area (Å²) in [4.78, 5) is 28.6. The first-order valence-electron chi connectivity index (χ1n) is 13.9. The molecule has 3 aliphatic heterocycles. The van der Waals surface area contributed by atoms with Gasteiger partial charge in [0.15, 0.2) is 0 Å². The maximum atomic E-state index is 13.8. The summed E-state index contributed by atoms with van der Waals surface area (Å²) in [6.45, 7) is 2.91. The highest BCUT2D eigenvalue weighted by Crippen LogP contribution is 2.39. The topological polar surface area (TPSA) is 68.5 Å². The Hall–Kier alpha value is -3.82. The number of piperidine rings is 1. The van der Waals surface area contributed by atoms with Gasteiger partial charge in [0, 0.05) is 90.9 Å². The van der Waals surface area contributed by atoms with E-state index in [2.05, 4.69) is 19.4 Å². The SMILES string of the molecule is O=C1NC(=O)C2=C1c1cn(c3ccccc13)CCOC(CN1CCC(F)(F)CC1)CCn1cc2c2ccccc21. The maximum absolute atomic E-state index is 13.8. The molecule has 1 saturated heterocycles. The molecule has 2 aromatic carbocycles. The van der Waals surface area contributed by atoms with Crippen molar-refractivity contribution >= 4 is 44.8 Å². The van der Waals surface area contributed by atoms with Crippen LogP contribution < -0.4 is 5.32 Å². The zero-order valence-electron chi connectivity index (χ0n) is 22.0. The lowest BCUT2D eigenvalue weighted by atomic mass is 9.95. The highest BCUT2D eigenvalue weighted by Gasteiger charge is 2.36. The fraction of sp³-hybridized carbons (Fsp3) is 0.355. The number of aryl methyl sites for hydroxylation is 1. The van der Waals surface area contributed by atoms with Crippen molar-refractivity contribution in [2.45, 2.75) is 44.4 Å². The fourth-order valence-corrected chi connectivity index (χ4v) is 6.41. The van der Waals surface area contributed by atoms with E-state index in [4.69, 9.17) is 4.74 Å². The average Bonchev–Trinajstić information content (AvgIpc) is 3.58. The van der Waals surface area contributed by atoms with Crippen LogP contribution in [0.3, 0.4) is 0 Å². The van der Waals surface area contributed by atoms with Gasteiger partial charge in [-0.3, -0.25) is 14.9 Å². The number of benzene rings is 2. The first-order valence-corrected chi connectivity index (χ1v) is 13.9. The molecule has 5 heterocycles. The monoisotopic (exact) mass is 544 g/mol. The second-order valence-corrected chi connectivity index (χ2v) is 11.0. The van der Waals surface area contributed by atoms with Crippen molar-refractivity contribution in [3.63, 3.8) is 0 Å². The number of fused-ring (bicyclic) bond motifs is 12. The number of imide groups is 1. The van der Waals surface area contributed by atoms with Crippen LogP contribution in [0.25, 0.3) is 33.0 Å². The van der Waals surface area contributed by atoms with Gasteiger partial charge in [-0.2, -0.15) is 0 Å². The predicted octanol–water partition coefficient (Wildman–Crippen LogP) is 4.68. The van der Waals surface area contributed by atoms with Gasteiger partial charge in [-0.25, -0.2) is 8.78 Å². The van der Waals surface area contributed by atoms with Crippen molar-refractivity contribution in [1.29, 1.82) is 0 Å². The van der Waals surface area contributed by atoms with Crippen LogP contribution in [0.15, 0.2) is 60.9 Å². The molecule has 2 aromatic heterocycles. The molecular weight excluding hydrogens is 514 g/mol. The third-order valence-electron chi connectivity index (χ3n) is 8.47. The number of amides is 2. The molecular formula is C31H30F2N4O3. The molecule has 0 saturated carbocycles. The van der Waals surface area contributed by atoms with Gasteiger partial charge >= 0.3 is 0 Å². The van der Waals surface area contributed by atoms with Gasteiger partial charge < -0.3 is 18.8 Å². The van der Waals surface area contributed by atoms with E-state index in [1.54, 1.807) is 0 Å². The van der Waals surface area contributed by atoms with Gasteiger partial charge in [0.1, 0.15) is 0 Å². The van der Waals surface area contributed by atoms with Crippen molar-refractivity contribution in [2.75, 3.05) is 26.2 Å². The second-order valence-electron chi connectivity index (χ2n) is 11.0. The van der Waals surface area contributed by atoms with Gasteiger partial charge in [-0.15, -0.1) is 0 Å². The summed E-state index contributed by atoms with van der Waals surface area (Å²) in [5.74, 6) is -3.37. The fourth-order valence-electron chi connectivity index (χ4n) is 6.41. The number of carbonyl (C=O) groups excluding carboxylic acids is 2. The number of nitrogens with zero attached hydrogens (tertiary/aromatic N) is 3. The lowest BCUT2D eigenvalue weighted by Gasteiger charge is -2.34. The Morgan fingerprint density at radius 1 is 0.800 bits per heavy atom. The third kappa shape index (κ3) is 4.33. The minimum atomic E-state index is -2.59. The van der Waals surface area contributed by atoms with Crippen LogP contribution >= 0.6 is 0 Å². The predicted molar refractivity (Wildman–Crippen MR) is 149 cm³/mol. The Morgan fingerprint density at radius 2 is 1.35 bits per heavy atom. The first-order chi connectivity index (χ1) is 19.4. The third-order valence-corrected chi connectivity index (χ3v) is 8.47. The number of aromatic nitrogens is 2. The largest absolute Gasteiger partial charge is 0.375 e. The van der Waals surface area contributed by atoms with E-state index in [-0.39, 0.29) is 18.9 Å². The first kappa shape index (κ1) is 25.2. The van der Waals surface area contributed by atoms with Gasteiger partial charge in [0.2, 0.25) is 0 Å². The Bertz CT molecular complexity index is 1670. The molecule has 7 rings (SSSR count). The molecule has 1 N–H and O–H groups in total. The van der Waals surface area contributed by atoms with Gasteiger partial charge in [-0.05, 0) is 18.6 Å². The molecule has 7 nitrogen and oxygen atoms in total. The molecule has 9 heteroatoms. The van der Waals surface area contributed by atoms with E-state index < -0.39 is 17.7 Å². The second kappa shape index (κ2) is 9.67. The number of rotatable bonds is 2. The molecule has 1 fully saturated rings. The lowest BCUT2D eigenvalue weighted by molar-refractivity contribution is -0.122. The molecule has 1 atom stereocenters. The number of likely N-dealkylation sites (tertiary alicyclic amines) is 1. The van der Waals surface area contributed by atoms with E-state index in [1.807, 2.05) is 60.9 Å². The Morgan fingerprint density at radius 3 is 1.95 bits per heavy atom. The van der Waals surface area contributed by atoms with E-state index in [0.29, 0.717) is 62.5 Å². The molecule has 4 bridgehead atoms. The zero-order chi connectivity index (χ0) is 27.4. The van der Waals surface area contributed by atoms with Crippen LogP contribution in [-0.2, 0) is 27.4 Å². The van der Waals surface area contributed by atoms with Gasteiger partial charge in [-0.1, -0.05) is 36.4 Å². The summed E-state index contributed by atoms with van der Waals surface area (Å²) in [6.07, 6.45) is 4.19. The number of hydrogen-bond acceptors (Lipinski definition) is 4. The van der Waals surface area contributed by atoms with Crippen molar-refractivity contribution in [1.82, 2.24) is 19.4 Å². The smallest absolute Gasteiger partial charge is 0.259 e. The van der Waals surface area contributed by atoms with Gasteiger partial charge in [0.25, 0.3) is 17.7 Å². The summed E-state index contributed by atoms with van der Waals surface area (Å²) in [7, 11) is 0. The molecule has 4 aromatic rings. The number of ether oxygens (including phenoxy) is 1. The number of nitrogens with one attached hydrogen (secondary N) is 1. The van der Waals surface area contributed by atoms with Crippen molar-refractivity contribution in [2.24, 2.45) is 0 Å². The molecule has 0 spiro atoms. The minimum absolute atomic E-state index is 0.123. The number of alkyl halides is 2. The lowest BCUT2D eigenvalue weighted by Crippen LogP contribution is -2.43. The molecule has 0 aliphatic carbocycles. The summed E-state index contributed by atoms with van der Waals surface area (Å²) >= 11 is 0. The molecule has 40 heavy (non-hydrogen) atoms. The van der Waals surface area contributed by atoms with E-state index in [1.165, 1.54) is 0 Å². The summed E-state index contributed by atoms with van der Waals surface area (Å²) in [5, 5.41) is 4.33. The quantitative estimate of drug-likeness (QED) is 0.372. The summed E-state index contributed by atoms with van der Waals surface area (Å²) < 4.78 is 38.2. The van der Waals surface area contributed by atoms with Crippen LogP contribution in [0.2, 0.25) is 0 Å². The Kier molecular flexibility index (Phi) is 6.09. The van der Waals surface area contributed by atoms with Crippen LogP contribution in [0, 0.1) is 0 Å². The highest BCUT2D eigenvalue weighted by atomic mass is 19.3. The van der Waals surface area contributed by atoms with Crippen molar-refractivity contribution < 1.29 is 23.1 Å². The Balaban J connectivity index is 1.35. The van der Waals surface area contributed by atoms with Crippen LogP contribution in [-0.4, -0.2) is 64.1 Å². The van der Waals surface area contributed by atoms with Crippen molar-refractivity contribution in [3.05, 3.63) is 72.1 Å². The summed E-state index contributed by atoms with van der Waals surface area (Å²) in [5.41, 5.74) is 4.13. The molecule has 3 aliphatic rings. The number of para-hydroxylation sites is 2. The molecule has 2 amide bonds. The van der Waals surface area contributed by atoms with Gasteiger partial charge in [0.05, 0.1) is 23.9 Å². The van der Waals surface area contributed by atoms with Crippen LogP contribution in [0.1, 0.15) is 30.4 Å². The average molecular weight is 545 g/mol. The normalized spacial score (nSPS) is 22.0. The highest BCUT2D eigenvalue weighted by molar-refractivity contribution is 6.50. The van der Waals surface area contributed by atoms with Crippen molar-refractivity contribution in [3.8, 4) is 0 Å². The van der Waals surface area contributed by atoms with E-state index in [0.717, 1.165) is 27.4 Å². The number of hydrogen-bond donors (Lipinski definition) is 1.